The van der Waals surface area contributed by atoms with E-state index in [1.54, 1.807) is 12.1 Å². The van der Waals surface area contributed by atoms with Crippen LogP contribution in [0.3, 0.4) is 0 Å². The van der Waals surface area contributed by atoms with Crippen LogP contribution in [0.4, 0.5) is 0 Å². The molecule has 2 rings (SSSR count). The van der Waals surface area contributed by atoms with Crippen LogP contribution in [0, 0.1) is 0 Å². The third kappa shape index (κ3) is 4.47. The van der Waals surface area contributed by atoms with Gasteiger partial charge >= 0.3 is 5.97 Å². The topological polar surface area (TPSA) is 90.0 Å². The van der Waals surface area contributed by atoms with Gasteiger partial charge in [-0.15, -0.1) is 0 Å². The number of benzene rings is 1. The Morgan fingerprint density at radius 1 is 1.38 bits per heavy atom. The molecule has 0 aromatic heterocycles. The normalized spacial score (nSPS) is 18.9. The first-order valence-corrected chi connectivity index (χ1v) is 9.81. The quantitative estimate of drug-likeness (QED) is 0.667. The number of esters is 1. The molecule has 9 heteroatoms. The summed E-state index contributed by atoms with van der Waals surface area (Å²) in [6, 6.07) is 4.32. The van der Waals surface area contributed by atoms with Crippen LogP contribution in [0.2, 0.25) is 0 Å². The zero-order valence-corrected chi connectivity index (χ0v) is 15.7. The predicted octanol–water partition coefficient (Wildman–Crippen LogP) is 1.26. The second kappa shape index (κ2) is 7.52. The fourth-order valence-electron chi connectivity index (χ4n) is 2.39. The van der Waals surface area contributed by atoms with E-state index in [0.717, 1.165) is 0 Å². The molecule has 1 aliphatic rings. The van der Waals surface area contributed by atoms with E-state index >= 15 is 0 Å². The summed E-state index contributed by atoms with van der Waals surface area (Å²) in [7, 11) is -0.0492. The summed E-state index contributed by atoms with van der Waals surface area (Å²) in [4.78, 5) is 25.4. The van der Waals surface area contributed by atoms with Gasteiger partial charge in [0, 0.05) is 13.1 Å². The minimum Gasteiger partial charge on any atom is -0.496 e. The summed E-state index contributed by atoms with van der Waals surface area (Å²) in [5, 5.41) is 0. The fraction of sp³-hybridized carbons (Fsp3) is 0.467. The van der Waals surface area contributed by atoms with Gasteiger partial charge in [0.15, 0.2) is 16.4 Å². The van der Waals surface area contributed by atoms with E-state index in [1.807, 2.05) is 0 Å². The van der Waals surface area contributed by atoms with Crippen molar-refractivity contribution in [2.75, 3.05) is 32.3 Å². The summed E-state index contributed by atoms with van der Waals surface area (Å²) >= 11 is 3.27. The number of nitrogens with zero attached hydrogens (tertiary/aromatic N) is 1. The molecule has 0 N–H and O–H groups in total. The van der Waals surface area contributed by atoms with E-state index in [1.165, 1.54) is 25.1 Å². The summed E-state index contributed by atoms with van der Waals surface area (Å²) < 4.78 is 33.6. The van der Waals surface area contributed by atoms with E-state index in [0.29, 0.717) is 16.6 Å². The molecule has 1 atom stereocenters. The van der Waals surface area contributed by atoms with Crippen molar-refractivity contribution in [3.05, 3.63) is 28.2 Å². The largest absolute Gasteiger partial charge is 0.496 e. The Kier molecular flexibility index (Phi) is 5.87. The number of carbonyl (C=O) groups is 2. The average molecular weight is 420 g/mol. The lowest BCUT2D eigenvalue weighted by Gasteiger charge is -2.23. The first kappa shape index (κ1) is 18.7. The average Bonchev–Trinajstić information content (AvgIpc) is 2.91. The lowest BCUT2D eigenvalue weighted by atomic mass is 10.2. The minimum atomic E-state index is -3.08. The van der Waals surface area contributed by atoms with Crippen LogP contribution in [-0.2, 0) is 19.4 Å². The second-order valence-corrected chi connectivity index (χ2v) is 8.57. The lowest BCUT2D eigenvalue weighted by Crippen LogP contribution is -2.40. The number of sulfone groups is 1. The molecule has 0 aliphatic carbocycles. The van der Waals surface area contributed by atoms with Crippen molar-refractivity contribution in [2.24, 2.45) is 0 Å². The molecule has 132 valence electrons. The molecule has 1 fully saturated rings. The fourth-order valence-corrected chi connectivity index (χ4v) is 4.71. The van der Waals surface area contributed by atoms with Gasteiger partial charge in [0.1, 0.15) is 5.75 Å². The highest BCUT2D eigenvalue weighted by atomic mass is 79.9. The number of hydrogen-bond acceptors (Lipinski definition) is 6. The van der Waals surface area contributed by atoms with Crippen molar-refractivity contribution in [2.45, 2.75) is 12.5 Å². The van der Waals surface area contributed by atoms with Crippen LogP contribution < -0.4 is 4.74 Å². The van der Waals surface area contributed by atoms with Crippen molar-refractivity contribution < 1.29 is 27.5 Å². The monoisotopic (exact) mass is 419 g/mol. The van der Waals surface area contributed by atoms with Crippen molar-refractivity contribution in [1.82, 2.24) is 4.90 Å². The number of ether oxygens (including phenoxy) is 2. The molecule has 1 aliphatic heterocycles. The molecule has 1 saturated heterocycles. The highest BCUT2D eigenvalue weighted by Crippen LogP contribution is 2.25. The van der Waals surface area contributed by atoms with Crippen molar-refractivity contribution in [3.63, 3.8) is 0 Å². The van der Waals surface area contributed by atoms with Crippen LogP contribution in [-0.4, -0.2) is 63.5 Å². The van der Waals surface area contributed by atoms with Crippen molar-refractivity contribution in [3.8, 4) is 5.75 Å². The smallest absolute Gasteiger partial charge is 0.338 e. The van der Waals surface area contributed by atoms with Crippen LogP contribution in [0.25, 0.3) is 0 Å². The molecule has 1 aromatic rings. The lowest BCUT2D eigenvalue weighted by molar-refractivity contribution is -0.134. The van der Waals surface area contributed by atoms with E-state index < -0.39 is 28.3 Å². The van der Waals surface area contributed by atoms with Gasteiger partial charge in [-0.1, -0.05) is 0 Å². The van der Waals surface area contributed by atoms with Crippen LogP contribution >= 0.6 is 15.9 Å². The number of carbonyl (C=O) groups excluding carboxylic acids is 2. The predicted molar refractivity (Wildman–Crippen MR) is 90.8 cm³/mol. The Balaban J connectivity index is 1.91. The molecular weight excluding hydrogens is 402 g/mol. The number of methoxy groups -OCH3 is 1. The van der Waals surface area contributed by atoms with E-state index in [9.17, 15) is 18.0 Å². The summed E-state index contributed by atoms with van der Waals surface area (Å²) in [6.45, 7) is -0.435. The number of amides is 1. The molecule has 0 radical (unpaired) electrons. The van der Waals surface area contributed by atoms with Gasteiger partial charge < -0.3 is 14.4 Å². The number of likely N-dealkylation sites (N-methyl/N-ethyl adjacent to an activating group) is 1. The van der Waals surface area contributed by atoms with Gasteiger partial charge in [-0.05, 0) is 40.5 Å². The Bertz CT molecular complexity index is 748. The van der Waals surface area contributed by atoms with Crippen LogP contribution in [0.1, 0.15) is 16.8 Å². The number of rotatable bonds is 5. The molecule has 0 saturated carbocycles. The third-order valence-corrected chi connectivity index (χ3v) is 6.23. The van der Waals surface area contributed by atoms with Gasteiger partial charge in [0.2, 0.25) is 0 Å². The molecule has 0 unspecified atom stereocenters. The molecule has 7 nitrogen and oxygen atoms in total. The number of hydrogen-bond donors (Lipinski definition) is 0. The van der Waals surface area contributed by atoms with Gasteiger partial charge in [0.25, 0.3) is 5.91 Å². The van der Waals surface area contributed by atoms with Crippen LogP contribution in [0.5, 0.6) is 5.75 Å². The summed E-state index contributed by atoms with van der Waals surface area (Å²) in [5.74, 6) is -0.467. The van der Waals surface area contributed by atoms with Crippen LogP contribution in [0.15, 0.2) is 22.7 Å². The second-order valence-electron chi connectivity index (χ2n) is 5.49. The molecule has 0 spiro atoms. The molecule has 1 aromatic carbocycles. The maximum absolute atomic E-state index is 12.1. The van der Waals surface area contributed by atoms with E-state index in [2.05, 4.69) is 15.9 Å². The Hall–Kier alpha value is -1.61. The van der Waals surface area contributed by atoms with Crippen molar-refractivity contribution in [1.29, 1.82) is 0 Å². The van der Waals surface area contributed by atoms with E-state index in [-0.39, 0.29) is 23.1 Å². The molecule has 1 heterocycles. The Morgan fingerprint density at radius 2 is 2.08 bits per heavy atom. The van der Waals surface area contributed by atoms with E-state index in [4.69, 9.17) is 9.47 Å². The van der Waals surface area contributed by atoms with Crippen molar-refractivity contribution >= 4 is 37.6 Å². The highest BCUT2D eigenvalue weighted by molar-refractivity contribution is 9.10. The zero-order chi connectivity index (χ0) is 17.9. The maximum Gasteiger partial charge on any atom is 0.338 e. The van der Waals surface area contributed by atoms with Gasteiger partial charge in [-0.3, -0.25) is 4.79 Å². The third-order valence-electron chi connectivity index (χ3n) is 3.86. The maximum atomic E-state index is 12.1. The number of halogens is 1. The summed E-state index contributed by atoms with van der Waals surface area (Å²) in [6.07, 6.45) is 0.407. The minimum absolute atomic E-state index is 0.0470. The van der Waals surface area contributed by atoms with Gasteiger partial charge in [0.05, 0.1) is 28.7 Å². The molecular formula is C15H18BrNO6S. The zero-order valence-electron chi connectivity index (χ0n) is 13.3. The Morgan fingerprint density at radius 3 is 2.62 bits per heavy atom. The first-order valence-electron chi connectivity index (χ1n) is 7.20. The molecule has 1 amide bonds. The SMILES string of the molecule is COc1ccc(C(=O)OCC(=O)N(C)[C@H]2CCS(=O)(=O)C2)cc1Br. The standard InChI is InChI=1S/C15H18BrNO6S/c1-17(11-5-6-24(20,21)9-11)14(18)8-23-15(19)10-3-4-13(22-2)12(16)7-10/h3-4,7,11H,5-6,8-9H2,1-2H3/t11-/m0/s1. The Labute approximate surface area is 149 Å². The van der Waals surface area contributed by atoms with Gasteiger partial charge in [-0.2, -0.15) is 0 Å². The van der Waals surface area contributed by atoms with Gasteiger partial charge in [-0.25, -0.2) is 13.2 Å². The first-order chi connectivity index (χ1) is 11.2. The molecule has 0 bridgehead atoms. The molecule has 24 heavy (non-hydrogen) atoms. The summed E-state index contributed by atoms with van der Waals surface area (Å²) in [5.41, 5.74) is 0.279. The highest BCUT2D eigenvalue weighted by Gasteiger charge is 2.32.